The molecule has 0 heterocycles. The zero-order valence-electron chi connectivity index (χ0n) is 6.70. The Morgan fingerprint density at radius 1 is 0.923 bits per heavy atom. The van der Waals surface area contributed by atoms with E-state index in [0.717, 1.165) is 0 Å². The van der Waals surface area contributed by atoms with Gasteiger partial charge in [0, 0.05) is 0 Å². The predicted octanol–water partition coefficient (Wildman–Crippen LogP) is -12.2. The molecule has 64 valence electrons. The maximum absolute atomic E-state index is 8.59. The van der Waals surface area contributed by atoms with Crippen LogP contribution in [0.15, 0.2) is 0 Å². The average Bonchev–Trinajstić information content (AvgIpc) is 1.12. The minimum absolute atomic E-state index is 0. The van der Waals surface area contributed by atoms with Crippen molar-refractivity contribution in [2.24, 2.45) is 0 Å². The van der Waals surface area contributed by atoms with Gasteiger partial charge >= 0.3 is 150 Å². The Bertz CT molecular complexity index is 200. The largest absolute Gasteiger partial charge is 3.00 e. The summed E-state index contributed by atoms with van der Waals surface area (Å²) < 4.78 is 42.9. The second-order valence-electron chi connectivity index (χ2n) is 0.855. The van der Waals surface area contributed by atoms with E-state index in [9.17, 15) is 0 Å². The first-order chi connectivity index (χ1) is 4.00. The maximum Gasteiger partial charge on any atom is 3.00 e. The van der Waals surface area contributed by atoms with Crippen molar-refractivity contribution >= 4 is 38.6 Å². The van der Waals surface area contributed by atoms with Crippen LogP contribution in [0.2, 0.25) is 0 Å². The fraction of sp³-hybridized carbons (Fsp3) is 0. The van der Waals surface area contributed by atoms with Crippen LogP contribution >= 0.6 is 7.82 Å². The molecule has 13 heteroatoms. The van der Waals surface area contributed by atoms with E-state index < -0.39 is 21.2 Å². The summed E-state index contributed by atoms with van der Waals surface area (Å²) >= 11 is -5.75. The summed E-state index contributed by atoms with van der Waals surface area (Å²) in [4.78, 5) is 25.6. The second-order valence-corrected chi connectivity index (χ2v) is 3.46. The van der Waals surface area contributed by atoms with Gasteiger partial charge in [-0.15, -0.1) is 0 Å². The van der Waals surface area contributed by atoms with Gasteiger partial charge in [0.05, 0.1) is 0 Å². The van der Waals surface area contributed by atoms with Crippen LogP contribution < -0.4 is 126 Å². The van der Waals surface area contributed by atoms with Gasteiger partial charge < -0.3 is 19.2 Å². The zero-order chi connectivity index (χ0) is 9.00. The molecule has 0 aliphatic carbocycles. The third-order valence-corrected chi connectivity index (χ3v) is 0. The number of phosphoric acid groups is 1. The summed E-state index contributed by atoms with van der Waals surface area (Å²) in [6.07, 6.45) is 0. The maximum atomic E-state index is 8.59. The van der Waals surface area contributed by atoms with E-state index in [1.807, 2.05) is 0 Å². The van der Waals surface area contributed by atoms with Gasteiger partial charge in [0.1, 0.15) is 0 Å². The molecule has 0 radical (unpaired) electrons. The van der Waals surface area contributed by atoms with E-state index >= 15 is 0 Å². The molecule has 0 fully saturated rings. The van der Waals surface area contributed by atoms with Gasteiger partial charge in [0.2, 0.25) is 0 Å². The van der Waals surface area contributed by atoms with Crippen LogP contribution in [0.3, 0.4) is 0 Å². The molecule has 8 nitrogen and oxygen atoms in total. The van der Waals surface area contributed by atoms with Crippen LogP contribution in [0.25, 0.3) is 0 Å². The van der Waals surface area contributed by atoms with Gasteiger partial charge in [0.25, 0.3) is 0 Å². The van der Waals surface area contributed by atoms with Gasteiger partial charge in [0.15, 0.2) is 0 Å². The molecule has 0 amide bonds. The molecule has 0 atom stereocenters. The second kappa shape index (κ2) is 14.0. The van der Waals surface area contributed by atoms with Crippen LogP contribution in [0.5, 0.6) is 0 Å². The molecule has 0 bridgehead atoms. The summed E-state index contributed by atoms with van der Waals surface area (Å²) in [7, 11) is -5.39. The van der Waals surface area contributed by atoms with Gasteiger partial charge in [-0.3, -0.25) is 0 Å². The van der Waals surface area contributed by atoms with E-state index in [-0.39, 0.29) is 120 Å². The Morgan fingerprint density at radius 2 is 0.923 bits per heavy atom. The first-order valence-electron chi connectivity index (χ1n) is 1.40. The third-order valence-electron chi connectivity index (χ3n) is 0. The van der Waals surface area contributed by atoms with E-state index in [0.29, 0.717) is 0 Å². The molecule has 0 spiro atoms. The van der Waals surface area contributed by atoms with Crippen molar-refractivity contribution in [3.8, 4) is 0 Å². The Morgan fingerprint density at radius 3 is 0.923 bits per heavy atom. The standard InChI is InChI=1S/Al.2K.H3O4P.H2O4Se/c;;;2*1-5(2,3)4/h;;;(H3,1,2,3,4);(H2,1,2,3,4)/q+3;2*+1;;/p-5. The molecule has 0 aliphatic rings. The minimum atomic E-state index is -5.75. The molecule has 0 aromatic heterocycles. The van der Waals surface area contributed by atoms with Gasteiger partial charge in [-0.05, 0) is 0 Å². The van der Waals surface area contributed by atoms with Crippen molar-refractivity contribution in [1.29, 1.82) is 0 Å². The SMILES string of the molecule is O=P([O-])([O-])[O-].O=[Se](=O)([O-])[O-].[Al+3].[K+].[K+]. The zero-order valence-corrected chi connectivity index (χ0v) is 16.7. The van der Waals surface area contributed by atoms with Crippen LogP contribution in [0.4, 0.5) is 0 Å². The van der Waals surface area contributed by atoms with Crippen molar-refractivity contribution in [3.05, 3.63) is 0 Å². The topological polar surface area (TPSA) is 167 Å². The van der Waals surface area contributed by atoms with Gasteiger partial charge in [-0.2, -0.15) is 7.82 Å². The monoisotopic (exact) mass is 344 g/mol. The van der Waals surface area contributed by atoms with Crippen LogP contribution in [0.1, 0.15) is 0 Å². The van der Waals surface area contributed by atoms with Crippen LogP contribution in [-0.4, -0.2) is 30.7 Å². The molecule has 0 aromatic rings. The van der Waals surface area contributed by atoms with Crippen molar-refractivity contribution in [2.45, 2.75) is 0 Å². The van der Waals surface area contributed by atoms with Crippen molar-refractivity contribution in [1.82, 2.24) is 0 Å². The summed E-state index contributed by atoms with van der Waals surface area (Å²) in [5.74, 6) is 0. The number of hydrogen-bond donors (Lipinski definition) is 0. The smallest absolute Gasteiger partial charge is 1.00 e. The number of rotatable bonds is 0. The molecule has 13 heavy (non-hydrogen) atoms. The third kappa shape index (κ3) is 199. The summed E-state index contributed by atoms with van der Waals surface area (Å²) in [5, 5.41) is 0. The van der Waals surface area contributed by atoms with Crippen molar-refractivity contribution < 1.29 is 138 Å². The quantitative estimate of drug-likeness (QED) is 0.309. The Hall–Kier alpha value is 3.95. The normalized spacial score (nSPS) is 9.00. The predicted molar refractivity (Wildman–Crippen MR) is 20.5 cm³/mol. The van der Waals surface area contributed by atoms with E-state index in [1.54, 1.807) is 0 Å². The molecule has 0 unspecified atom stereocenters. The van der Waals surface area contributed by atoms with E-state index in [2.05, 4.69) is 0 Å². The molecular weight excluding hydrogens is 343 g/mol. The van der Waals surface area contributed by atoms with E-state index in [1.165, 1.54) is 0 Å². The summed E-state index contributed by atoms with van der Waals surface area (Å²) in [6.45, 7) is 0. The van der Waals surface area contributed by atoms with Crippen LogP contribution in [0, 0.1) is 0 Å². The number of hydrogen-bond acceptors (Lipinski definition) is 8. The van der Waals surface area contributed by atoms with Gasteiger partial charge in [-0.25, -0.2) is 0 Å². The Labute approximate surface area is 172 Å². The molecule has 0 aliphatic heterocycles. The first kappa shape index (κ1) is 30.2. The fourth-order valence-electron chi connectivity index (χ4n) is 0. The summed E-state index contributed by atoms with van der Waals surface area (Å²) in [5.41, 5.74) is 0. The first-order valence-corrected chi connectivity index (χ1v) is 5.65. The Kier molecular flexibility index (Phi) is 32.6. The minimum Gasteiger partial charge on any atom is 1.00 e. The van der Waals surface area contributed by atoms with Crippen LogP contribution in [-0.2, 0) is 12.2 Å². The molecular formula is AlK2O8PSe. The van der Waals surface area contributed by atoms with E-state index in [4.69, 9.17) is 35.3 Å². The average molecular weight is 343 g/mol. The molecule has 0 rings (SSSR count). The van der Waals surface area contributed by atoms with Gasteiger partial charge in [-0.1, -0.05) is 0 Å². The van der Waals surface area contributed by atoms with Crippen molar-refractivity contribution in [3.63, 3.8) is 0 Å². The van der Waals surface area contributed by atoms with Crippen molar-refractivity contribution in [2.75, 3.05) is 0 Å². The molecule has 0 N–H and O–H groups in total. The molecule has 0 aromatic carbocycles. The molecule has 0 saturated heterocycles. The Balaban J connectivity index is -0.0000000267. The molecule has 0 saturated carbocycles. The summed E-state index contributed by atoms with van der Waals surface area (Å²) in [6, 6.07) is 0. The fourth-order valence-corrected chi connectivity index (χ4v) is 0.